The molecule has 4 rings (SSSR count). The van der Waals surface area contributed by atoms with Gasteiger partial charge in [-0.15, -0.1) is 0 Å². The Bertz CT molecular complexity index is 1000. The van der Waals surface area contributed by atoms with Crippen molar-refractivity contribution in [3.8, 4) is 17.1 Å². The van der Waals surface area contributed by atoms with Crippen LogP contribution in [0.2, 0.25) is 0 Å². The van der Waals surface area contributed by atoms with Gasteiger partial charge in [0.05, 0.1) is 12.0 Å². The van der Waals surface area contributed by atoms with Gasteiger partial charge in [-0.05, 0) is 75.2 Å². The van der Waals surface area contributed by atoms with Gasteiger partial charge >= 0.3 is 0 Å². The highest BCUT2D eigenvalue weighted by Gasteiger charge is 2.35. The average Bonchev–Trinajstić information content (AvgIpc) is 3.28. The minimum Gasteiger partial charge on any atom is -0.491 e. The molecule has 0 bridgehead atoms. The molecule has 1 aliphatic rings. The number of anilines is 1. The van der Waals surface area contributed by atoms with Gasteiger partial charge in [0.15, 0.2) is 0 Å². The van der Waals surface area contributed by atoms with Gasteiger partial charge in [0, 0.05) is 24.2 Å². The molecule has 150 valence electrons. The van der Waals surface area contributed by atoms with Crippen molar-refractivity contribution in [2.24, 2.45) is 0 Å². The fraction of sp³-hybridized carbons (Fsp3) is 0.348. The monoisotopic (exact) mass is 391 g/mol. The molecule has 1 saturated heterocycles. The summed E-state index contributed by atoms with van der Waals surface area (Å²) in [6.07, 6.45) is 0.494. The molecule has 0 N–H and O–H groups in total. The van der Waals surface area contributed by atoms with Gasteiger partial charge in [-0.1, -0.05) is 11.2 Å². The number of benzene rings is 2. The highest BCUT2D eigenvalue weighted by molar-refractivity contribution is 5.96. The average molecular weight is 391 g/mol. The van der Waals surface area contributed by atoms with E-state index in [0.29, 0.717) is 24.7 Å². The SMILES string of the molecule is Cc1cc(C)cc(N2CC(c3nc(-c4ccc(OC(C)C)cc4)no3)CC2=O)c1. The van der Waals surface area contributed by atoms with Crippen LogP contribution in [0.5, 0.6) is 5.75 Å². The predicted octanol–water partition coefficient (Wildman–Crippen LogP) is 4.66. The predicted molar refractivity (Wildman–Crippen MR) is 111 cm³/mol. The van der Waals surface area contributed by atoms with E-state index in [1.165, 1.54) is 0 Å². The van der Waals surface area contributed by atoms with Crippen molar-refractivity contribution < 1.29 is 14.1 Å². The number of hydrogen-bond acceptors (Lipinski definition) is 5. The number of aromatic nitrogens is 2. The Hall–Kier alpha value is -3.15. The lowest BCUT2D eigenvalue weighted by Crippen LogP contribution is -2.24. The van der Waals surface area contributed by atoms with Gasteiger partial charge in [-0.3, -0.25) is 4.79 Å². The number of ether oxygens (including phenoxy) is 1. The lowest BCUT2D eigenvalue weighted by atomic mass is 10.1. The third kappa shape index (κ3) is 4.16. The second-order valence-corrected chi connectivity index (χ2v) is 7.90. The van der Waals surface area contributed by atoms with Gasteiger partial charge in [0.1, 0.15) is 5.75 Å². The van der Waals surface area contributed by atoms with E-state index in [1.807, 2.05) is 69.0 Å². The lowest BCUT2D eigenvalue weighted by Gasteiger charge is -2.17. The summed E-state index contributed by atoms with van der Waals surface area (Å²) in [5, 5.41) is 4.12. The standard InChI is InChI=1S/C23H25N3O3/c1-14(2)28-20-7-5-17(6-8-20)22-24-23(29-25-22)18-12-21(27)26(13-18)19-10-15(3)9-16(4)11-19/h5-11,14,18H,12-13H2,1-4H3. The Morgan fingerprint density at radius 3 is 2.45 bits per heavy atom. The number of carbonyl (C=O) groups is 1. The van der Waals surface area contributed by atoms with Crippen molar-refractivity contribution in [3.05, 3.63) is 59.5 Å². The molecule has 2 heterocycles. The zero-order valence-electron chi connectivity index (χ0n) is 17.2. The summed E-state index contributed by atoms with van der Waals surface area (Å²) < 4.78 is 11.2. The summed E-state index contributed by atoms with van der Waals surface area (Å²) >= 11 is 0. The van der Waals surface area contributed by atoms with Crippen LogP contribution >= 0.6 is 0 Å². The zero-order chi connectivity index (χ0) is 20.5. The number of rotatable bonds is 5. The number of nitrogens with zero attached hydrogens (tertiary/aromatic N) is 3. The second-order valence-electron chi connectivity index (χ2n) is 7.90. The molecule has 1 aromatic heterocycles. The molecule has 0 aliphatic carbocycles. The van der Waals surface area contributed by atoms with Gasteiger partial charge in [0.25, 0.3) is 0 Å². The third-order valence-corrected chi connectivity index (χ3v) is 4.92. The van der Waals surface area contributed by atoms with Crippen LogP contribution in [-0.2, 0) is 4.79 Å². The van der Waals surface area contributed by atoms with Crippen molar-refractivity contribution in [2.45, 2.75) is 46.1 Å². The van der Waals surface area contributed by atoms with E-state index in [-0.39, 0.29) is 17.9 Å². The number of aryl methyl sites for hydroxylation is 2. The Labute approximate surface area is 170 Å². The number of amides is 1. The molecule has 6 heteroatoms. The normalized spacial score (nSPS) is 16.7. The lowest BCUT2D eigenvalue weighted by molar-refractivity contribution is -0.117. The van der Waals surface area contributed by atoms with Crippen LogP contribution in [0.15, 0.2) is 47.0 Å². The molecule has 3 aromatic rings. The molecule has 1 unspecified atom stereocenters. The van der Waals surface area contributed by atoms with E-state index in [0.717, 1.165) is 28.1 Å². The van der Waals surface area contributed by atoms with Crippen molar-refractivity contribution in [2.75, 3.05) is 11.4 Å². The maximum atomic E-state index is 12.6. The highest BCUT2D eigenvalue weighted by atomic mass is 16.5. The quantitative estimate of drug-likeness (QED) is 0.633. The molecule has 1 aliphatic heterocycles. The van der Waals surface area contributed by atoms with Crippen LogP contribution in [0.4, 0.5) is 5.69 Å². The van der Waals surface area contributed by atoms with E-state index in [4.69, 9.17) is 9.26 Å². The van der Waals surface area contributed by atoms with Crippen LogP contribution in [0, 0.1) is 13.8 Å². The minimum absolute atomic E-state index is 0.0786. The molecule has 2 aromatic carbocycles. The Morgan fingerprint density at radius 2 is 1.79 bits per heavy atom. The maximum absolute atomic E-state index is 12.6. The molecular weight excluding hydrogens is 366 g/mol. The first-order valence-corrected chi connectivity index (χ1v) is 9.88. The van der Waals surface area contributed by atoms with Gasteiger partial charge < -0.3 is 14.2 Å². The van der Waals surface area contributed by atoms with Crippen LogP contribution < -0.4 is 9.64 Å². The molecule has 1 amide bonds. The first-order chi connectivity index (χ1) is 13.9. The second kappa shape index (κ2) is 7.70. The Morgan fingerprint density at radius 1 is 1.10 bits per heavy atom. The van der Waals surface area contributed by atoms with Gasteiger partial charge in [0.2, 0.25) is 17.6 Å². The largest absolute Gasteiger partial charge is 0.491 e. The maximum Gasteiger partial charge on any atom is 0.232 e. The minimum atomic E-state index is -0.104. The smallest absolute Gasteiger partial charge is 0.232 e. The van der Waals surface area contributed by atoms with Gasteiger partial charge in [-0.25, -0.2) is 0 Å². The van der Waals surface area contributed by atoms with Crippen LogP contribution in [0.25, 0.3) is 11.4 Å². The number of carbonyl (C=O) groups excluding carboxylic acids is 1. The van der Waals surface area contributed by atoms with Crippen LogP contribution in [0.1, 0.15) is 43.2 Å². The van der Waals surface area contributed by atoms with Crippen molar-refractivity contribution >= 4 is 11.6 Å². The summed E-state index contributed by atoms with van der Waals surface area (Å²) in [5.74, 6) is 1.80. The van der Waals surface area contributed by atoms with Crippen LogP contribution in [-0.4, -0.2) is 28.7 Å². The first-order valence-electron chi connectivity index (χ1n) is 9.88. The Balaban J connectivity index is 1.50. The zero-order valence-corrected chi connectivity index (χ0v) is 17.2. The highest BCUT2D eigenvalue weighted by Crippen LogP contribution is 2.33. The summed E-state index contributed by atoms with van der Waals surface area (Å²) in [6.45, 7) is 8.60. The molecule has 0 spiro atoms. The third-order valence-electron chi connectivity index (χ3n) is 4.92. The number of hydrogen-bond donors (Lipinski definition) is 0. The summed E-state index contributed by atoms with van der Waals surface area (Å²) in [5.41, 5.74) is 4.06. The molecule has 0 radical (unpaired) electrons. The van der Waals surface area contributed by atoms with Gasteiger partial charge in [-0.2, -0.15) is 4.98 Å². The van der Waals surface area contributed by atoms with E-state index in [2.05, 4.69) is 16.2 Å². The molecule has 1 atom stereocenters. The van der Waals surface area contributed by atoms with E-state index in [1.54, 1.807) is 0 Å². The molecular formula is C23H25N3O3. The molecule has 29 heavy (non-hydrogen) atoms. The summed E-state index contributed by atoms with van der Waals surface area (Å²) in [7, 11) is 0. The molecule has 0 saturated carbocycles. The van der Waals surface area contributed by atoms with E-state index in [9.17, 15) is 4.79 Å². The first kappa shape index (κ1) is 19.2. The summed E-state index contributed by atoms with van der Waals surface area (Å²) in [4.78, 5) is 19.0. The topological polar surface area (TPSA) is 68.5 Å². The van der Waals surface area contributed by atoms with Crippen LogP contribution in [0.3, 0.4) is 0 Å². The van der Waals surface area contributed by atoms with Crippen molar-refractivity contribution in [1.29, 1.82) is 0 Å². The molecule has 6 nitrogen and oxygen atoms in total. The Kier molecular flexibility index (Phi) is 5.09. The van der Waals surface area contributed by atoms with E-state index < -0.39 is 0 Å². The van der Waals surface area contributed by atoms with E-state index >= 15 is 0 Å². The van der Waals surface area contributed by atoms with Crippen molar-refractivity contribution in [1.82, 2.24) is 10.1 Å². The fourth-order valence-corrected chi connectivity index (χ4v) is 3.70. The van der Waals surface area contributed by atoms with Crippen molar-refractivity contribution in [3.63, 3.8) is 0 Å². The molecule has 1 fully saturated rings. The fourth-order valence-electron chi connectivity index (χ4n) is 3.70. The summed E-state index contributed by atoms with van der Waals surface area (Å²) in [6, 6.07) is 13.8.